The molecule has 4 aromatic rings. The molecule has 1 aliphatic rings. The number of hydrazone groups is 1. The second-order valence-electron chi connectivity index (χ2n) is 10.9. The van der Waals surface area contributed by atoms with Gasteiger partial charge in [0.25, 0.3) is 0 Å². The molecule has 2 atom stereocenters. The monoisotopic (exact) mass is 732 g/mol. The summed E-state index contributed by atoms with van der Waals surface area (Å²) < 4.78 is 28.9. The van der Waals surface area contributed by atoms with Crippen LogP contribution in [0, 0.1) is 0 Å². The van der Waals surface area contributed by atoms with E-state index < -0.39 is 24.3 Å². The quantitative estimate of drug-likeness (QED) is 0.0554. The molecule has 0 spiro atoms. The molecule has 0 aliphatic carbocycles. The second-order valence-corrected chi connectivity index (χ2v) is 11.8. The molecular formula is C36H37BrN4O8. The second kappa shape index (κ2) is 16.2. The Morgan fingerprint density at radius 1 is 0.980 bits per heavy atom. The number of aliphatic hydroxyl groups is 1. The Morgan fingerprint density at radius 3 is 2.51 bits per heavy atom. The molecule has 0 bridgehead atoms. The Bertz CT molecular complexity index is 1900. The van der Waals surface area contributed by atoms with E-state index in [-0.39, 0.29) is 12.2 Å². The molecule has 0 saturated heterocycles. The van der Waals surface area contributed by atoms with Gasteiger partial charge in [-0.1, -0.05) is 42.5 Å². The number of rotatable bonds is 14. The zero-order valence-corrected chi connectivity index (χ0v) is 29.0. The Hall–Kier alpha value is -5.27. The van der Waals surface area contributed by atoms with Gasteiger partial charge in [0.05, 0.1) is 38.7 Å². The summed E-state index contributed by atoms with van der Waals surface area (Å²) in [5.41, 5.74) is 5.60. The van der Waals surface area contributed by atoms with Gasteiger partial charge in [-0.05, 0) is 82.0 Å². The molecule has 5 rings (SSSR count). The van der Waals surface area contributed by atoms with Gasteiger partial charge in [0.2, 0.25) is 0 Å². The number of amides is 2. The van der Waals surface area contributed by atoms with Crippen LogP contribution in [0.25, 0.3) is 10.8 Å². The van der Waals surface area contributed by atoms with E-state index in [4.69, 9.17) is 23.7 Å². The zero-order valence-electron chi connectivity index (χ0n) is 27.4. The number of benzene rings is 4. The maximum Gasteiger partial charge on any atom is 0.337 e. The van der Waals surface area contributed by atoms with Crippen LogP contribution in [0.15, 0.2) is 93.6 Å². The fourth-order valence-electron chi connectivity index (χ4n) is 5.23. The largest absolute Gasteiger partial charge is 0.493 e. The summed E-state index contributed by atoms with van der Waals surface area (Å²) in [4.78, 5) is 24.7. The molecule has 1 aliphatic heterocycles. The van der Waals surface area contributed by atoms with E-state index in [0.717, 1.165) is 10.9 Å². The Morgan fingerprint density at radius 2 is 1.76 bits per heavy atom. The maximum atomic E-state index is 12.5. The average Bonchev–Trinajstić information content (AvgIpc) is 3.10. The predicted molar refractivity (Wildman–Crippen MR) is 188 cm³/mol. The molecule has 1 heterocycles. The SMILES string of the molecule is CCOc1cc([C@@H]2NC(=O)NC(C)=C2C(=O)OC)ccc1OC[C@@H](O)N/N=C\c1cc(OC)c(OCc2ccc3ccccc3c2)cc1Br. The smallest absolute Gasteiger partial charge is 0.337 e. The van der Waals surface area contributed by atoms with Gasteiger partial charge in [-0.3, -0.25) is 5.43 Å². The van der Waals surface area contributed by atoms with Crippen molar-refractivity contribution in [3.8, 4) is 23.0 Å². The molecule has 49 heavy (non-hydrogen) atoms. The third-order valence-electron chi connectivity index (χ3n) is 7.59. The average molecular weight is 734 g/mol. The first kappa shape index (κ1) is 35.0. The number of carbonyl (C=O) groups excluding carboxylic acids is 2. The summed E-state index contributed by atoms with van der Waals surface area (Å²) in [7, 11) is 2.84. The van der Waals surface area contributed by atoms with Crippen molar-refractivity contribution in [2.75, 3.05) is 27.4 Å². The highest BCUT2D eigenvalue weighted by molar-refractivity contribution is 9.10. The first-order valence-electron chi connectivity index (χ1n) is 15.4. The van der Waals surface area contributed by atoms with Gasteiger partial charge in [-0.25, -0.2) is 9.59 Å². The van der Waals surface area contributed by atoms with Gasteiger partial charge >= 0.3 is 12.0 Å². The number of fused-ring (bicyclic) bond motifs is 1. The maximum absolute atomic E-state index is 12.5. The van der Waals surface area contributed by atoms with Crippen molar-refractivity contribution >= 4 is 44.9 Å². The molecule has 256 valence electrons. The van der Waals surface area contributed by atoms with E-state index in [1.165, 1.54) is 18.7 Å². The minimum Gasteiger partial charge on any atom is -0.493 e. The third-order valence-corrected chi connectivity index (χ3v) is 8.28. The molecule has 0 radical (unpaired) electrons. The molecule has 4 N–H and O–H groups in total. The van der Waals surface area contributed by atoms with Crippen molar-refractivity contribution in [3.63, 3.8) is 0 Å². The summed E-state index contributed by atoms with van der Waals surface area (Å²) in [6.45, 7) is 3.97. The fraction of sp³-hybridized carbons (Fsp3) is 0.250. The van der Waals surface area contributed by atoms with Crippen LogP contribution in [0.1, 0.15) is 36.6 Å². The molecular weight excluding hydrogens is 696 g/mol. The summed E-state index contributed by atoms with van der Waals surface area (Å²) in [6, 6.07) is 21.7. The lowest BCUT2D eigenvalue weighted by Crippen LogP contribution is -2.45. The number of hydrogen-bond acceptors (Lipinski definition) is 10. The Labute approximate surface area is 292 Å². The third kappa shape index (κ3) is 8.61. The number of nitrogens with one attached hydrogen (secondary N) is 3. The minimum atomic E-state index is -1.17. The number of urea groups is 1. The van der Waals surface area contributed by atoms with Crippen LogP contribution in [0.4, 0.5) is 4.79 Å². The number of nitrogens with zero attached hydrogens (tertiary/aromatic N) is 1. The lowest BCUT2D eigenvalue weighted by atomic mass is 9.95. The fourth-order valence-corrected chi connectivity index (χ4v) is 5.65. The number of ether oxygens (including phenoxy) is 5. The van der Waals surface area contributed by atoms with Crippen molar-refractivity contribution in [2.45, 2.75) is 32.7 Å². The van der Waals surface area contributed by atoms with E-state index in [0.29, 0.717) is 57.5 Å². The highest BCUT2D eigenvalue weighted by Crippen LogP contribution is 2.36. The van der Waals surface area contributed by atoms with E-state index in [1.807, 2.05) is 25.1 Å². The van der Waals surface area contributed by atoms with E-state index >= 15 is 0 Å². The van der Waals surface area contributed by atoms with Crippen LogP contribution in [0.5, 0.6) is 23.0 Å². The van der Waals surface area contributed by atoms with Gasteiger partial charge in [-0.2, -0.15) is 5.10 Å². The number of carbonyl (C=O) groups is 2. The van der Waals surface area contributed by atoms with Crippen molar-refractivity contribution in [2.24, 2.45) is 5.10 Å². The van der Waals surface area contributed by atoms with Gasteiger partial charge in [0.15, 0.2) is 29.2 Å². The zero-order chi connectivity index (χ0) is 34.9. The standard InChI is InChI=1S/C36H37BrN4O8/c1-5-47-30-15-25(34-33(35(43)46-4)21(2)39-36(44)40-34)12-13-28(30)49-20-32(42)41-38-18-26-16-29(45-3)31(17-27(26)37)48-19-22-10-11-23-8-6-7-9-24(23)14-22/h6-18,32,34,41-42H,5,19-20H2,1-4H3,(H2,39,40,44)/b38-18-/t32-,34+/m1/s1. The summed E-state index contributed by atoms with van der Waals surface area (Å²) in [5.74, 6) is 1.23. The summed E-state index contributed by atoms with van der Waals surface area (Å²) in [6.07, 6.45) is 0.362. The van der Waals surface area contributed by atoms with E-state index in [2.05, 4.69) is 61.4 Å². The molecule has 12 nitrogen and oxygen atoms in total. The molecule has 13 heteroatoms. The topological polar surface area (TPSA) is 149 Å². The lowest BCUT2D eigenvalue weighted by Gasteiger charge is -2.28. The van der Waals surface area contributed by atoms with Gasteiger partial charge in [-0.15, -0.1) is 0 Å². The number of halogens is 1. The van der Waals surface area contributed by atoms with Crippen LogP contribution < -0.4 is 35.0 Å². The first-order chi connectivity index (χ1) is 23.7. The van der Waals surface area contributed by atoms with Crippen molar-refractivity contribution in [3.05, 3.63) is 105 Å². The number of aliphatic hydroxyl groups excluding tert-OH is 1. The first-order valence-corrected chi connectivity index (χ1v) is 16.2. The van der Waals surface area contributed by atoms with Gasteiger partial charge < -0.3 is 39.4 Å². The van der Waals surface area contributed by atoms with E-state index in [9.17, 15) is 14.7 Å². The van der Waals surface area contributed by atoms with Crippen LogP contribution in [0.2, 0.25) is 0 Å². The number of hydrogen-bond donors (Lipinski definition) is 4. The van der Waals surface area contributed by atoms with Crippen LogP contribution in [-0.4, -0.2) is 57.0 Å². The minimum absolute atomic E-state index is 0.167. The highest BCUT2D eigenvalue weighted by Gasteiger charge is 2.32. The number of allylic oxidation sites excluding steroid dienone is 1. The van der Waals surface area contributed by atoms with Crippen LogP contribution in [0.3, 0.4) is 0 Å². The number of methoxy groups -OCH3 is 2. The van der Waals surface area contributed by atoms with Crippen LogP contribution in [-0.2, 0) is 16.1 Å². The molecule has 0 saturated carbocycles. The normalized spacial score (nSPS) is 15.0. The molecule has 0 unspecified atom stereocenters. The van der Waals surface area contributed by atoms with Crippen molar-refractivity contribution < 1.29 is 38.4 Å². The Balaban J connectivity index is 1.20. The summed E-state index contributed by atoms with van der Waals surface area (Å²) >= 11 is 3.57. The molecule has 2 amide bonds. The molecule has 4 aromatic carbocycles. The summed E-state index contributed by atoms with van der Waals surface area (Å²) in [5, 5.41) is 22.4. The predicted octanol–water partition coefficient (Wildman–Crippen LogP) is 5.71. The highest BCUT2D eigenvalue weighted by atomic mass is 79.9. The van der Waals surface area contributed by atoms with Crippen molar-refractivity contribution in [1.82, 2.24) is 16.1 Å². The van der Waals surface area contributed by atoms with Gasteiger partial charge in [0, 0.05) is 15.7 Å². The number of esters is 1. The van der Waals surface area contributed by atoms with Crippen LogP contribution >= 0.6 is 15.9 Å². The van der Waals surface area contributed by atoms with E-state index in [1.54, 1.807) is 44.4 Å². The van der Waals surface area contributed by atoms with Crippen molar-refractivity contribution in [1.29, 1.82) is 0 Å². The molecule has 0 aromatic heterocycles. The Kier molecular flexibility index (Phi) is 11.6. The molecule has 0 fully saturated rings. The van der Waals surface area contributed by atoms with Gasteiger partial charge in [0.1, 0.15) is 13.2 Å². The lowest BCUT2D eigenvalue weighted by molar-refractivity contribution is -0.136.